The van der Waals surface area contributed by atoms with Crippen molar-refractivity contribution in [2.45, 2.75) is 0 Å². The highest BCUT2D eigenvalue weighted by Gasteiger charge is 2.04. The van der Waals surface area contributed by atoms with Crippen LogP contribution >= 0.6 is 0 Å². The molecule has 1 radical (unpaired) electrons. The van der Waals surface area contributed by atoms with E-state index in [9.17, 15) is 4.79 Å². The minimum absolute atomic E-state index is 0.435. The molecule has 12 heavy (non-hydrogen) atoms. The SMILES string of the molecule is [CH2]OC(=O)c1cccc(OC)c1. The van der Waals surface area contributed by atoms with Crippen LogP contribution in [0, 0.1) is 7.11 Å². The number of esters is 1. The van der Waals surface area contributed by atoms with Crippen molar-refractivity contribution in [3.05, 3.63) is 36.9 Å². The molecule has 0 aliphatic carbocycles. The van der Waals surface area contributed by atoms with Crippen molar-refractivity contribution in [3.63, 3.8) is 0 Å². The van der Waals surface area contributed by atoms with E-state index in [2.05, 4.69) is 11.8 Å². The Morgan fingerprint density at radius 3 is 2.83 bits per heavy atom. The fourth-order valence-electron chi connectivity index (χ4n) is 0.833. The lowest BCUT2D eigenvalue weighted by molar-refractivity contribution is 0.0653. The lowest BCUT2D eigenvalue weighted by Gasteiger charge is -2.01. The van der Waals surface area contributed by atoms with Gasteiger partial charge in [0.05, 0.1) is 12.7 Å². The number of hydrogen-bond acceptors (Lipinski definition) is 3. The van der Waals surface area contributed by atoms with Gasteiger partial charge < -0.3 is 9.47 Å². The molecule has 0 aliphatic heterocycles. The maximum Gasteiger partial charge on any atom is 0.338 e. The summed E-state index contributed by atoms with van der Waals surface area (Å²) in [5.74, 6) is 0.159. The predicted molar refractivity (Wildman–Crippen MR) is 43.8 cm³/mol. The Bertz CT molecular complexity index is 281. The highest BCUT2D eigenvalue weighted by molar-refractivity contribution is 5.89. The first-order valence-corrected chi connectivity index (χ1v) is 3.38. The van der Waals surface area contributed by atoms with Gasteiger partial charge in [-0.1, -0.05) is 6.07 Å². The molecular formula is C9H9O3. The molecule has 0 N–H and O–H groups in total. The van der Waals surface area contributed by atoms with Crippen molar-refractivity contribution in [1.82, 2.24) is 0 Å². The van der Waals surface area contributed by atoms with Crippen molar-refractivity contribution in [3.8, 4) is 5.75 Å². The summed E-state index contributed by atoms with van der Waals surface area (Å²) < 4.78 is 9.21. The van der Waals surface area contributed by atoms with Crippen LogP contribution in [-0.4, -0.2) is 13.1 Å². The third-order valence-corrected chi connectivity index (χ3v) is 1.44. The van der Waals surface area contributed by atoms with Gasteiger partial charge in [0.2, 0.25) is 0 Å². The van der Waals surface area contributed by atoms with E-state index in [0.29, 0.717) is 11.3 Å². The zero-order valence-electron chi connectivity index (χ0n) is 6.74. The molecule has 0 spiro atoms. The quantitative estimate of drug-likeness (QED) is 0.625. The number of rotatable bonds is 2. The van der Waals surface area contributed by atoms with Crippen molar-refractivity contribution in [2.24, 2.45) is 0 Å². The van der Waals surface area contributed by atoms with E-state index in [1.54, 1.807) is 24.3 Å². The zero-order valence-corrected chi connectivity index (χ0v) is 6.74. The number of benzene rings is 1. The van der Waals surface area contributed by atoms with Crippen LogP contribution < -0.4 is 4.74 Å². The van der Waals surface area contributed by atoms with Crippen LogP contribution in [0.15, 0.2) is 24.3 Å². The molecule has 63 valence electrons. The van der Waals surface area contributed by atoms with Crippen molar-refractivity contribution in [2.75, 3.05) is 7.11 Å². The van der Waals surface area contributed by atoms with Gasteiger partial charge in [0.1, 0.15) is 12.9 Å². The molecule has 1 rings (SSSR count). The highest BCUT2D eigenvalue weighted by Crippen LogP contribution is 2.12. The van der Waals surface area contributed by atoms with Crippen molar-refractivity contribution < 1.29 is 14.3 Å². The van der Waals surface area contributed by atoms with E-state index in [1.807, 2.05) is 0 Å². The molecule has 0 bridgehead atoms. The number of ether oxygens (including phenoxy) is 2. The summed E-state index contributed by atoms with van der Waals surface area (Å²) in [6.07, 6.45) is 0. The average Bonchev–Trinajstić information content (AvgIpc) is 2.17. The molecule has 0 atom stereocenters. The van der Waals surface area contributed by atoms with Crippen LogP contribution in [0.5, 0.6) is 5.75 Å². The summed E-state index contributed by atoms with van der Waals surface area (Å²) in [6.45, 7) is 0. The molecular weight excluding hydrogens is 156 g/mol. The predicted octanol–water partition coefficient (Wildman–Crippen LogP) is 1.64. The molecule has 0 amide bonds. The van der Waals surface area contributed by atoms with Gasteiger partial charge >= 0.3 is 5.97 Å². The lowest BCUT2D eigenvalue weighted by atomic mass is 10.2. The second-order valence-corrected chi connectivity index (χ2v) is 2.16. The van der Waals surface area contributed by atoms with Crippen LogP contribution in [0.3, 0.4) is 0 Å². The topological polar surface area (TPSA) is 35.5 Å². The molecule has 0 saturated heterocycles. The molecule has 0 aromatic heterocycles. The first kappa shape index (κ1) is 8.59. The molecule has 1 aromatic carbocycles. The van der Waals surface area contributed by atoms with Gasteiger partial charge in [-0.05, 0) is 18.2 Å². The molecule has 0 saturated carbocycles. The van der Waals surface area contributed by atoms with E-state index in [-0.39, 0.29) is 0 Å². The Hall–Kier alpha value is -1.51. The van der Waals surface area contributed by atoms with Crippen molar-refractivity contribution >= 4 is 5.97 Å². The van der Waals surface area contributed by atoms with Crippen LogP contribution in [0.2, 0.25) is 0 Å². The molecule has 3 heteroatoms. The number of hydrogen-bond donors (Lipinski definition) is 0. The zero-order chi connectivity index (χ0) is 8.97. The number of carbonyl (C=O) groups is 1. The smallest absolute Gasteiger partial charge is 0.338 e. The molecule has 0 heterocycles. The minimum Gasteiger partial charge on any atom is -0.497 e. The summed E-state index contributed by atoms with van der Waals surface area (Å²) in [6, 6.07) is 6.69. The maximum absolute atomic E-state index is 10.9. The minimum atomic E-state index is -0.464. The van der Waals surface area contributed by atoms with Gasteiger partial charge in [0.25, 0.3) is 0 Å². The van der Waals surface area contributed by atoms with Gasteiger partial charge in [-0.25, -0.2) is 4.79 Å². The molecule has 3 nitrogen and oxygen atoms in total. The van der Waals surface area contributed by atoms with E-state index in [4.69, 9.17) is 4.74 Å². The molecule has 0 aliphatic rings. The fraction of sp³-hybridized carbons (Fsp3) is 0.111. The Kier molecular flexibility index (Phi) is 2.69. The van der Waals surface area contributed by atoms with Crippen LogP contribution in [0.25, 0.3) is 0 Å². The first-order chi connectivity index (χ1) is 5.77. The Balaban J connectivity index is 2.93. The van der Waals surface area contributed by atoms with Crippen LogP contribution in [0.4, 0.5) is 0 Å². The maximum atomic E-state index is 10.9. The second kappa shape index (κ2) is 3.76. The molecule has 1 aromatic rings. The highest BCUT2D eigenvalue weighted by atomic mass is 16.5. The standard InChI is InChI=1S/C9H9O3/c1-11-8-5-3-4-7(6-8)9(10)12-2/h3-6H,2H2,1H3. The summed E-state index contributed by atoms with van der Waals surface area (Å²) in [5, 5.41) is 0. The Labute approximate surface area is 70.9 Å². The second-order valence-electron chi connectivity index (χ2n) is 2.16. The number of carbonyl (C=O) groups excluding carboxylic acids is 1. The van der Waals surface area contributed by atoms with E-state index >= 15 is 0 Å². The Morgan fingerprint density at radius 2 is 2.25 bits per heavy atom. The van der Waals surface area contributed by atoms with Crippen molar-refractivity contribution in [1.29, 1.82) is 0 Å². The normalized spacial score (nSPS) is 9.17. The van der Waals surface area contributed by atoms with Crippen LogP contribution in [0.1, 0.15) is 10.4 Å². The summed E-state index contributed by atoms with van der Waals surface area (Å²) in [7, 11) is 4.56. The molecule has 0 unspecified atom stereocenters. The Morgan fingerprint density at radius 1 is 1.50 bits per heavy atom. The molecule has 0 fully saturated rings. The van der Waals surface area contributed by atoms with E-state index < -0.39 is 5.97 Å². The summed E-state index contributed by atoms with van der Waals surface area (Å²) in [4.78, 5) is 10.9. The van der Waals surface area contributed by atoms with Gasteiger partial charge in [-0.2, -0.15) is 0 Å². The van der Waals surface area contributed by atoms with Gasteiger partial charge in [0, 0.05) is 0 Å². The third kappa shape index (κ3) is 1.75. The van der Waals surface area contributed by atoms with E-state index in [1.165, 1.54) is 7.11 Å². The third-order valence-electron chi connectivity index (χ3n) is 1.44. The number of methoxy groups -OCH3 is 1. The van der Waals surface area contributed by atoms with Gasteiger partial charge in [0.15, 0.2) is 0 Å². The average molecular weight is 165 g/mol. The first-order valence-electron chi connectivity index (χ1n) is 3.38. The summed E-state index contributed by atoms with van der Waals surface area (Å²) in [5.41, 5.74) is 0.435. The van der Waals surface area contributed by atoms with Crippen LogP contribution in [-0.2, 0) is 4.74 Å². The van der Waals surface area contributed by atoms with Gasteiger partial charge in [-0.3, -0.25) is 0 Å². The van der Waals surface area contributed by atoms with E-state index in [0.717, 1.165) is 0 Å². The lowest BCUT2D eigenvalue weighted by Crippen LogP contribution is -1.99. The largest absolute Gasteiger partial charge is 0.497 e. The monoisotopic (exact) mass is 165 g/mol. The summed E-state index contributed by atoms with van der Waals surface area (Å²) >= 11 is 0. The fourth-order valence-corrected chi connectivity index (χ4v) is 0.833. The van der Waals surface area contributed by atoms with Gasteiger partial charge in [-0.15, -0.1) is 0 Å².